The molecule has 0 fully saturated rings. The average molecular weight is 245 g/mol. The van der Waals surface area contributed by atoms with E-state index in [9.17, 15) is 9.90 Å². The van der Waals surface area contributed by atoms with Crippen LogP contribution < -0.4 is 0 Å². The van der Waals surface area contributed by atoms with E-state index in [2.05, 4.69) is 15.0 Å². The third-order valence-electron chi connectivity index (χ3n) is 2.81. The van der Waals surface area contributed by atoms with Crippen molar-refractivity contribution in [1.82, 2.24) is 15.0 Å². The second kappa shape index (κ2) is 5.00. The minimum absolute atomic E-state index is 0.0149. The molecule has 2 rings (SSSR count). The molecule has 0 aliphatic heterocycles. The van der Waals surface area contributed by atoms with Crippen molar-refractivity contribution in [1.29, 1.82) is 0 Å². The first-order valence-electron chi connectivity index (χ1n) is 5.77. The first kappa shape index (κ1) is 12.3. The van der Waals surface area contributed by atoms with Crippen LogP contribution in [0.1, 0.15) is 25.6 Å². The van der Waals surface area contributed by atoms with Crippen LogP contribution in [0.4, 0.5) is 0 Å². The molecule has 0 aromatic carbocycles. The normalized spacial score (nSPS) is 12.6. The number of imidazole rings is 1. The lowest BCUT2D eigenvalue weighted by Crippen LogP contribution is -2.18. The van der Waals surface area contributed by atoms with Crippen LogP contribution in [0.3, 0.4) is 0 Å². The molecule has 0 amide bonds. The number of carboxylic acids is 1. The van der Waals surface area contributed by atoms with E-state index >= 15 is 0 Å². The summed E-state index contributed by atoms with van der Waals surface area (Å²) in [5, 5.41) is 9.21. The molecular formula is C13H15N3O2. The Balaban J connectivity index is 2.33. The fourth-order valence-electron chi connectivity index (χ4n) is 1.89. The molecule has 0 aliphatic rings. The number of nitrogens with one attached hydrogen (secondary N) is 1. The minimum atomic E-state index is -0.861. The highest BCUT2D eigenvalue weighted by Crippen LogP contribution is 2.24. The number of H-pyrrole nitrogens is 1. The predicted molar refractivity (Wildman–Crippen MR) is 67.0 cm³/mol. The molecule has 0 radical (unpaired) electrons. The number of nitrogens with zero attached hydrogens (tertiary/aromatic N) is 2. The number of carbonyl (C=O) groups is 1. The molecule has 18 heavy (non-hydrogen) atoms. The van der Waals surface area contributed by atoms with E-state index < -0.39 is 11.9 Å². The largest absolute Gasteiger partial charge is 0.481 e. The van der Waals surface area contributed by atoms with E-state index in [4.69, 9.17) is 0 Å². The number of pyridine rings is 1. The van der Waals surface area contributed by atoms with Gasteiger partial charge in [0.1, 0.15) is 11.7 Å². The third-order valence-corrected chi connectivity index (χ3v) is 2.81. The zero-order valence-corrected chi connectivity index (χ0v) is 10.3. The van der Waals surface area contributed by atoms with Crippen LogP contribution in [-0.4, -0.2) is 26.0 Å². The number of rotatable bonds is 4. The molecule has 5 nitrogen and oxygen atoms in total. The first-order valence-corrected chi connectivity index (χ1v) is 5.77. The van der Waals surface area contributed by atoms with Gasteiger partial charge in [0.15, 0.2) is 0 Å². The number of hydrogen-bond acceptors (Lipinski definition) is 3. The molecule has 0 bridgehead atoms. The van der Waals surface area contributed by atoms with Gasteiger partial charge < -0.3 is 10.1 Å². The number of aliphatic carboxylic acids is 1. The summed E-state index contributed by atoms with van der Waals surface area (Å²) in [6.45, 7) is 3.74. The fraction of sp³-hybridized carbons (Fsp3) is 0.308. The van der Waals surface area contributed by atoms with Crippen molar-refractivity contribution in [2.45, 2.75) is 19.8 Å². The van der Waals surface area contributed by atoms with Crippen molar-refractivity contribution in [2.24, 2.45) is 5.92 Å². The summed E-state index contributed by atoms with van der Waals surface area (Å²) in [4.78, 5) is 22.4. The Bertz CT molecular complexity index is 534. The smallest absolute Gasteiger partial charge is 0.314 e. The average Bonchev–Trinajstić information content (AvgIpc) is 2.78. The van der Waals surface area contributed by atoms with Crippen LogP contribution in [0.2, 0.25) is 0 Å². The van der Waals surface area contributed by atoms with Crippen LogP contribution in [0.15, 0.2) is 30.7 Å². The van der Waals surface area contributed by atoms with Gasteiger partial charge in [-0.15, -0.1) is 0 Å². The number of hydrogen-bond donors (Lipinski definition) is 2. The molecule has 1 atom stereocenters. The van der Waals surface area contributed by atoms with Gasteiger partial charge in [-0.25, -0.2) is 4.98 Å². The Morgan fingerprint density at radius 2 is 2.00 bits per heavy atom. The van der Waals surface area contributed by atoms with Crippen molar-refractivity contribution in [3.05, 3.63) is 36.5 Å². The van der Waals surface area contributed by atoms with Crippen LogP contribution in [0, 0.1) is 5.92 Å². The van der Waals surface area contributed by atoms with E-state index in [1.54, 1.807) is 18.6 Å². The molecule has 94 valence electrons. The van der Waals surface area contributed by atoms with Gasteiger partial charge in [0.25, 0.3) is 0 Å². The molecule has 2 aromatic rings. The van der Waals surface area contributed by atoms with Crippen molar-refractivity contribution >= 4 is 5.97 Å². The standard InChI is InChI=1S/C13H15N3O2/c1-8(2)11(13(17)18)12-15-7-10(16-12)9-3-5-14-6-4-9/h3-8,11H,1-2H3,(H,15,16)(H,17,18). The van der Waals surface area contributed by atoms with Crippen LogP contribution in [-0.2, 0) is 4.79 Å². The van der Waals surface area contributed by atoms with Crippen molar-refractivity contribution in [2.75, 3.05) is 0 Å². The summed E-state index contributed by atoms with van der Waals surface area (Å²) in [5.74, 6) is -0.996. The zero-order chi connectivity index (χ0) is 13.1. The molecular weight excluding hydrogens is 230 g/mol. The molecule has 2 aromatic heterocycles. The summed E-state index contributed by atoms with van der Waals surface area (Å²) in [6.07, 6.45) is 5.03. The van der Waals surface area contributed by atoms with Gasteiger partial charge in [-0.05, 0) is 18.1 Å². The Hall–Kier alpha value is -2.17. The fourth-order valence-corrected chi connectivity index (χ4v) is 1.89. The summed E-state index contributed by atoms with van der Waals surface area (Å²) in [5.41, 5.74) is 1.75. The summed E-state index contributed by atoms with van der Waals surface area (Å²) in [7, 11) is 0. The van der Waals surface area contributed by atoms with Crippen LogP contribution >= 0.6 is 0 Å². The Kier molecular flexibility index (Phi) is 3.41. The minimum Gasteiger partial charge on any atom is -0.481 e. The second-order valence-corrected chi connectivity index (χ2v) is 4.48. The van der Waals surface area contributed by atoms with Gasteiger partial charge in [0, 0.05) is 18.0 Å². The lowest BCUT2D eigenvalue weighted by atomic mass is 9.95. The van der Waals surface area contributed by atoms with Crippen molar-refractivity contribution < 1.29 is 9.90 Å². The maximum atomic E-state index is 11.2. The number of carboxylic acid groups (broad SMARTS) is 1. The quantitative estimate of drug-likeness (QED) is 0.866. The molecule has 2 N–H and O–H groups in total. The maximum absolute atomic E-state index is 11.2. The lowest BCUT2D eigenvalue weighted by molar-refractivity contribution is -0.140. The predicted octanol–water partition coefficient (Wildman–Crippen LogP) is 2.30. The highest BCUT2D eigenvalue weighted by atomic mass is 16.4. The Morgan fingerprint density at radius 1 is 1.33 bits per heavy atom. The highest BCUT2D eigenvalue weighted by molar-refractivity contribution is 5.75. The Morgan fingerprint density at radius 3 is 2.56 bits per heavy atom. The Labute approximate surface area is 105 Å². The summed E-state index contributed by atoms with van der Waals surface area (Å²) in [6, 6.07) is 3.70. The SMILES string of the molecule is CC(C)C(C(=O)O)c1ncc(-c2ccncc2)[nH]1. The van der Waals surface area contributed by atoms with E-state index in [-0.39, 0.29) is 5.92 Å². The monoisotopic (exact) mass is 245 g/mol. The van der Waals surface area contributed by atoms with Crippen molar-refractivity contribution in [3.63, 3.8) is 0 Å². The van der Waals surface area contributed by atoms with E-state index in [1.165, 1.54) is 0 Å². The molecule has 0 spiro atoms. The maximum Gasteiger partial charge on any atom is 0.314 e. The summed E-state index contributed by atoms with van der Waals surface area (Å²) >= 11 is 0. The third kappa shape index (κ3) is 2.40. The van der Waals surface area contributed by atoms with Crippen LogP contribution in [0.5, 0.6) is 0 Å². The second-order valence-electron chi connectivity index (χ2n) is 4.48. The molecule has 2 heterocycles. The number of aromatic nitrogens is 3. The molecule has 0 aliphatic carbocycles. The van der Waals surface area contributed by atoms with Gasteiger partial charge in [-0.1, -0.05) is 13.8 Å². The van der Waals surface area contributed by atoms with E-state index in [0.29, 0.717) is 5.82 Å². The lowest BCUT2D eigenvalue weighted by Gasteiger charge is -2.13. The van der Waals surface area contributed by atoms with Gasteiger partial charge in [-0.2, -0.15) is 0 Å². The van der Waals surface area contributed by atoms with Gasteiger partial charge in [-0.3, -0.25) is 9.78 Å². The highest BCUT2D eigenvalue weighted by Gasteiger charge is 2.26. The van der Waals surface area contributed by atoms with E-state index in [0.717, 1.165) is 11.3 Å². The molecule has 1 unspecified atom stereocenters. The molecule has 0 saturated heterocycles. The van der Waals surface area contributed by atoms with Crippen LogP contribution in [0.25, 0.3) is 11.3 Å². The number of aromatic amines is 1. The zero-order valence-electron chi connectivity index (χ0n) is 10.3. The molecule has 0 saturated carbocycles. The first-order chi connectivity index (χ1) is 8.59. The van der Waals surface area contributed by atoms with Crippen molar-refractivity contribution in [3.8, 4) is 11.3 Å². The van der Waals surface area contributed by atoms with E-state index in [1.807, 2.05) is 26.0 Å². The van der Waals surface area contributed by atoms with Gasteiger partial charge in [0.2, 0.25) is 0 Å². The topological polar surface area (TPSA) is 78.9 Å². The van der Waals surface area contributed by atoms with Gasteiger partial charge >= 0.3 is 5.97 Å². The molecule has 5 heteroatoms. The summed E-state index contributed by atoms with van der Waals surface area (Å²) < 4.78 is 0. The van der Waals surface area contributed by atoms with Gasteiger partial charge in [0.05, 0.1) is 11.9 Å².